The van der Waals surface area contributed by atoms with E-state index in [1.807, 2.05) is 36.4 Å². The molecule has 2 aromatic heterocycles. The van der Waals surface area contributed by atoms with Gasteiger partial charge in [-0.25, -0.2) is 4.98 Å². The number of benzene rings is 3. The van der Waals surface area contributed by atoms with Gasteiger partial charge < -0.3 is 20.8 Å². The smallest absolute Gasteiger partial charge is 0.232 e. The summed E-state index contributed by atoms with van der Waals surface area (Å²) in [6.07, 6.45) is 0.881. The summed E-state index contributed by atoms with van der Waals surface area (Å²) in [5, 5.41) is 28.4. The van der Waals surface area contributed by atoms with Gasteiger partial charge in [0.1, 0.15) is 10.6 Å². The van der Waals surface area contributed by atoms with Crippen molar-refractivity contribution in [2.45, 2.75) is 6.42 Å². The minimum absolute atomic E-state index is 0.100. The van der Waals surface area contributed by atoms with Crippen LogP contribution in [-0.2, 0) is 6.42 Å². The maximum absolute atomic E-state index is 10.2. The summed E-state index contributed by atoms with van der Waals surface area (Å²) in [7, 11) is 0. The number of anilines is 3. The minimum atomic E-state index is -0.100. The van der Waals surface area contributed by atoms with Crippen molar-refractivity contribution < 1.29 is 10.2 Å². The number of fused-ring (bicyclic) bond motifs is 1. The predicted molar refractivity (Wildman–Crippen MR) is 132 cm³/mol. The molecule has 5 rings (SSSR count). The van der Waals surface area contributed by atoms with Crippen molar-refractivity contribution in [3.05, 3.63) is 78.4 Å². The summed E-state index contributed by atoms with van der Waals surface area (Å²) in [6, 6.07) is 23.2. The van der Waals surface area contributed by atoms with E-state index < -0.39 is 0 Å². The Bertz CT molecular complexity index is 1330. The molecule has 2 heterocycles. The molecule has 3 aromatic carbocycles. The standard InChI is InChI=1S/C24H20N4O2S2/c29-19-7-3-1-5-17(19)21-22(30)28-24(32-21)26-16-11-9-15(10-12-16)13-14-25-23-27-18-6-2-4-8-20(18)31-23/h1-12,29-30H,13-14H2,(H,25,27)(H,26,28). The average Bonchev–Trinajstić information content (AvgIpc) is 3.38. The van der Waals surface area contributed by atoms with Gasteiger partial charge in [-0.15, -0.1) is 0 Å². The van der Waals surface area contributed by atoms with E-state index in [9.17, 15) is 10.2 Å². The van der Waals surface area contributed by atoms with Gasteiger partial charge in [0.05, 0.1) is 10.2 Å². The Labute approximate surface area is 192 Å². The Morgan fingerprint density at radius 1 is 0.781 bits per heavy atom. The van der Waals surface area contributed by atoms with E-state index in [-0.39, 0.29) is 11.6 Å². The molecule has 0 unspecified atom stereocenters. The first kappa shape index (κ1) is 20.3. The van der Waals surface area contributed by atoms with Crippen molar-refractivity contribution in [2.24, 2.45) is 0 Å². The van der Waals surface area contributed by atoms with Crippen LogP contribution in [0.2, 0.25) is 0 Å². The molecule has 0 amide bonds. The number of rotatable bonds is 7. The summed E-state index contributed by atoms with van der Waals surface area (Å²) < 4.78 is 1.18. The summed E-state index contributed by atoms with van der Waals surface area (Å²) >= 11 is 2.96. The van der Waals surface area contributed by atoms with E-state index in [0.717, 1.165) is 29.3 Å². The van der Waals surface area contributed by atoms with Crippen LogP contribution in [0.1, 0.15) is 5.56 Å². The highest BCUT2D eigenvalue weighted by atomic mass is 32.1. The summed E-state index contributed by atoms with van der Waals surface area (Å²) in [5.41, 5.74) is 3.67. The molecule has 5 aromatic rings. The molecule has 0 aliphatic rings. The number of phenols is 1. The Hall–Kier alpha value is -3.62. The lowest BCUT2D eigenvalue weighted by Crippen LogP contribution is -2.04. The average molecular weight is 461 g/mol. The Morgan fingerprint density at radius 3 is 2.38 bits per heavy atom. The minimum Gasteiger partial charge on any atom is -0.507 e. The maximum Gasteiger partial charge on any atom is 0.232 e. The van der Waals surface area contributed by atoms with Crippen LogP contribution >= 0.6 is 22.7 Å². The molecule has 0 fully saturated rings. The maximum atomic E-state index is 10.2. The molecular weight excluding hydrogens is 440 g/mol. The highest BCUT2D eigenvalue weighted by Gasteiger charge is 2.15. The molecule has 0 aliphatic heterocycles. The molecule has 0 saturated carbocycles. The molecule has 0 saturated heterocycles. The van der Waals surface area contributed by atoms with Crippen molar-refractivity contribution in [2.75, 3.05) is 17.2 Å². The van der Waals surface area contributed by atoms with Crippen LogP contribution in [0, 0.1) is 0 Å². The van der Waals surface area contributed by atoms with Crippen LogP contribution in [0.3, 0.4) is 0 Å². The van der Waals surface area contributed by atoms with Crippen LogP contribution in [0.15, 0.2) is 72.8 Å². The van der Waals surface area contributed by atoms with Crippen LogP contribution < -0.4 is 10.6 Å². The lowest BCUT2D eigenvalue weighted by Gasteiger charge is -2.06. The number of nitrogens with zero attached hydrogens (tertiary/aromatic N) is 2. The van der Waals surface area contributed by atoms with Crippen LogP contribution in [0.5, 0.6) is 11.6 Å². The molecule has 0 radical (unpaired) electrons. The molecule has 160 valence electrons. The number of hydrogen-bond donors (Lipinski definition) is 4. The zero-order chi connectivity index (χ0) is 21.9. The number of phenolic OH excluding ortho intramolecular Hbond substituents is 1. The van der Waals surface area contributed by atoms with E-state index in [1.165, 1.54) is 21.6 Å². The largest absolute Gasteiger partial charge is 0.507 e. The topological polar surface area (TPSA) is 90.3 Å². The lowest BCUT2D eigenvalue weighted by atomic mass is 10.1. The fraction of sp³-hybridized carbons (Fsp3) is 0.0833. The van der Waals surface area contributed by atoms with Crippen molar-refractivity contribution >= 4 is 48.8 Å². The highest BCUT2D eigenvalue weighted by Crippen LogP contribution is 2.41. The summed E-state index contributed by atoms with van der Waals surface area (Å²) in [4.78, 5) is 9.31. The van der Waals surface area contributed by atoms with Gasteiger partial charge in [-0.2, -0.15) is 4.98 Å². The predicted octanol–water partition coefficient (Wildman–Crippen LogP) is 6.23. The summed E-state index contributed by atoms with van der Waals surface area (Å²) in [5.74, 6) is 0.0124. The van der Waals surface area contributed by atoms with Gasteiger partial charge in [-0.3, -0.25) is 0 Å². The highest BCUT2D eigenvalue weighted by molar-refractivity contribution is 7.22. The first-order chi connectivity index (χ1) is 15.7. The fourth-order valence-electron chi connectivity index (χ4n) is 3.35. The third-order valence-corrected chi connectivity index (χ3v) is 6.93. The van der Waals surface area contributed by atoms with Gasteiger partial charge in [0.2, 0.25) is 5.88 Å². The van der Waals surface area contributed by atoms with Crippen molar-refractivity contribution in [1.29, 1.82) is 0 Å². The SMILES string of the molecule is Oc1ccccc1-c1sc(Nc2ccc(CCNc3nc4ccccc4s3)cc2)nc1O. The zero-order valence-corrected chi connectivity index (χ0v) is 18.6. The third kappa shape index (κ3) is 4.37. The third-order valence-electron chi connectivity index (χ3n) is 4.95. The number of aromatic hydroxyl groups is 2. The summed E-state index contributed by atoms with van der Waals surface area (Å²) in [6.45, 7) is 0.802. The fourth-order valence-corrected chi connectivity index (χ4v) is 5.15. The number of hydrogen-bond acceptors (Lipinski definition) is 8. The molecule has 0 spiro atoms. The van der Waals surface area contributed by atoms with E-state index in [4.69, 9.17) is 0 Å². The van der Waals surface area contributed by atoms with Crippen LogP contribution in [-0.4, -0.2) is 26.7 Å². The first-order valence-corrected chi connectivity index (χ1v) is 11.7. The van der Waals surface area contributed by atoms with Gasteiger partial charge in [0, 0.05) is 17.8 Å². The molecule has 4 N–H and O–H groups in total. The van der Waals surface area contributed by atoms with Gasteiger partial charge in [-0.05, 0) is 48.4 Å². The number of aromatic nitrogens is 2. The van der Waals surface area contributed by atoms with Crippen LogP contribution in [0.25, 0.3) is 20.7 Å². The second-order valence-corrected chi connectivity index (χ2v) is 9.20. The van der Waals surface area contributed by atoms with Gasteiger partial charge in [0.15, 0.2) is 10.3 Å². The zero-order valence-electron chi connectivity index (χ0n) is 16.9. The Balaban J connectivity index is 1.20. The lowest BCUT2D eigenvalue weighted by molar-refractivity contribution is 0.457. The second-order valence-electron chi connectivity index (χ2n) is 7.17. The molecular formula is C24H20N4O2S2. The normalized spacial score (nSPS) is 11.0. The Morgan fingerprint density at radius 2 is 1.56 bits per heavy atom. The molecule has 0 bridgehead atoms. The molecule has 0 aliphatic carbocycles. The number of nitrogens with one attached hydrogen (secondary N) is 2. The van der Waals surface area contributed by atoms with E-state index in [0.29, 0.717) is 15.6 Å². The molecule has 32 heavy (non-hydrogen) atoms. The molecule has 6 nitrogen and oxygen atoms in total. The van der Waals surface area contributed by atoms with E-state index in [2.05, 4.69) is 38.8 Å². The van der Waals surface area contributed by atoms with Gasteiger partial charge in [0.25, 0.3) is 0 Å². The van der Waals surface area contributed by atoms with Crippen molar-refractivity contribution in [1.82, 2.24) is 9.97 Å². The number of thiazole rings is 2. The van der Waals surface area contributed by atoms with E-state index in [1.54, 1.807) is 29.5 Å². The van der Waals surface area contributed by atoms with Gasteiger partial charge in [-0.1, -0.05) is 59.1 Å². The van der Waals surface area contributed by atoms with Crippen molar-refractivity contribution in [3.63, 3.8) is 0 Å². The Kier molecular flexibility index (Phi) is 5.62. The molecule has 8 heteroatoms. The second kappa shape index (κ2) is 8.86. The first-order valence-electron chi connectivity index (χ1n) is 10.1. The van der Waals surface area contributed by atoms with E-state index >= 15 is 0 Å². The van der Waals surface area contributed by atoms with Gasteiger partial charge >= 0.3 is 0 Å². The quantitative estimate of drug-likeness (QED) is 0.230. The number of para-hydroxylation sites is 2. The monoisotopic (exact) mass is 460 g/mol. The molecule has 0 atom stereocenters. The van der Waals surface area contributed by atoms with Crippen LogP contribution in [0.4, 0.5) is 16.0 Å². The van der Waals surface area contributed by atoms with Crippen molar-refractivity contribution in [3.8, 4) is 22.1 Å².